The fourth-order valence-electron chi connectivity index (χ4n) is 2.56. The first-order chi connectivity index (χ1) is 16.2. The van der Waals surface area contributed by atoms with E-state index < -0.39 is 17.5 Å². The smallest absolute Gasteiger partial charge is 0.410 e. The SMILES string of the molecule is CC.CCC(=O)c1c(O)cc(C(C)CC/C=C/NC(=O)OC)oc1=O.CCOc1ccc(C)s1. The van der Waals surface area contributed by atoms with Gasteiger partial charge in [-0.15, -0.1) is 11.3 Å². The monoisotopic (exact) mass is 495 g/mol. The first-order valence-electron chi connectivity index (χ1n) is 11.3. The Hall–Kier alpha value is -3.07. The molecule has 34 heavy (non-hydrogen) atoms. The highest BCUT2D eigenvalue weighted by molar-refractivity contribution is 7.13. The van der Waals surface area contributed by atoms with Crippen LogP contribution in [0.3, 0.4) is 0 Å². The van der Waals surface area contributed by atoms with Gasteiger partial charge in [0.25, 0.3) is 0 Å². The van der Waals surface area contributed by atoms with Crippen molar-refractivity contribution >= 4 is 23.2 Å². The Kier molecular flexibility index (Phi) is 15.8. The van der Waals surface area contributed by atoms with Crippen LogP contribution >= 0.6 is 11.3 Å². The van der Waals surface area contributed by atoms with Crippen molar-refractivity contribution in [1.82, 2.24) is 5.32 Å². The largest absolute Gasteiger partial charge is 0.507 e. The zero-order valence-electron chi connectivity index (χ0n) is 21.1. The molecule has 1 unspecified atom stereocenters. The molecule has 2 rings (SSSR count). The Bertz CT molecular complexity index is 962. The van der Waals surface area contributed by atoms with Crippen molar-refractivity contribution in [2.45, 2.75) is 66.7 Å². The van der Waals surface area contributed by atoms with Gasteiger partial charge < -0.3 is 19.0 Å². The van der Waals surface area contributed by atoms with Gasteiger partial charge in [0.2, 0.25) is 0 Å². The molecule has 2 heterocycles. The zero-order chi connectivity index (χ0) is 26.1. The van der Waals surface area contributed by atoms with Crippen LogP contribution in [0.2, 0.25) is 0 Å². The molecule has 0 aromatic carbocycles. The van der Waals surface area contributed by atoms with Gasteiger partial charge in [0, 0.05) is 29.5 Å². The van der Waals surface area contributed by atoms with Crippen LogP contribution in [-0.4, -0.2) is 30.7 Å². The van der Waals surface area contributed by atoms with Crippen molar-refractivity contribution < 1.29 is 28.6 Å². The van der Waals surface area contributed by atoms with E-state index in [0.717, 1.165) is 11.7 Å². The number of allylic oxidation sites excluding steroid dienone is 1. The van der Waals surface area contributed by atoms with Crippen molar-refractivity contribution in [1.29, 1.82) is 0 Å². The summed E-state index contributed by atoms with van der Waals surface area (Å²) in [5.41, 5.74) is -1.12. The van der Waals surface area contributed by atoms with Gasteiger partial charge >= 0.3 is 11.7 Å². The van der Waals surface area contributed by atoms with E-state index in [0.29, 0.717) is 18.6 Å². The van der Waals surface area contributed by atoms with Crippen LogP contribution in [0.25, 0.3) is 0 Å². The second-order valence-corrected chi connectivity index (χ2v) is 8.04. The molecular formula is C25H37NO7S. The number of carbonyl (C=O) groups excluding carboxylic acids is 2. The van der Waals surface area contributed by atoms with Crippen LogP contribution in [-0.2, 0) is 4.74 Å². The predicted octanol–water partition coefficient (Wildman–Crippen LogP) is 6.17. The highest BCUT2D eigenvalue weighted by atomic mass is 32.1. The molecule has 0 aliphatic carbocycles. The number of ketones is 1. The average Bonchev–Trinajstić information content (AvgIpc) is 3.24. The van der Waals surface area contributed by atoms with E-state index in [-0.39, 0.29) is 23.7 Å². The second kappa shape index (κ2) is 17.4. The van der Waals surface area contributed by atoms with Crippen molar-refractivity contribution in [3.63, 3.8) is 0 Å². The van der Waals surface area contributed by atoms with E-state index in [9.17, 15) is 19.5 Å². The number of amides is 1. The summed E-state index contributed by atoms with van der Waals surface area (Å²) in [6, 6.07) is 5.38. The summed E-state index contributed by atoms with van der Waals surface area (Å²) in [7, 11) is 1.27. The third kappa shape index (κ3) is 11.2. The quantitative estimate of drug-likeness (QED) is 0.400. The highest BCUT2D eigenvalue weighted by Crippen LogP contribution is 2.25. The molecule has 1 atom stereocenters. The van der Waals surface area contributed by atoms with Crippen LogP contribution in [0.1, 0.15) is 80.8 Å². The minimum absolute atomic E-state index is 0.116. The number of aromatic hydroxyl groups is 1. The van der Waals surface area contributed by atoms with Crippen LogP contribution in [0, 0.1) is 6.92 Å². The highest BCUT2D eigenvalue weighted by Gasteiger charge is 2.19. The summed E-state index contributed by atoms with van der Waals surface area (Å²) >= 11 is 1.69. The van der Waals surface area contributed by atoms with E-state index in [1.807, 2.05) is 33.8 Å². The van der Waals surface area contributed by atoms with E-state index in [2.05, 4.69) is 23.0 Å². The number of Topliss-reactive ketones (excluding diaryl/α,β-unsaturated/α-hetero) is 1. The molecule has 2 aromatic heterocycles. The van der Waals surface area contributed by atoms with Gasteiger partial charge in [0.05, 0.1) is 13.7 Å². The van der Waals surface area contributed by atoms with E-state index in [1.165, 1.54) is 24.3 Å². The number of carbonyl (C=O) groups is 2. The molecule has 0 radical (unpaired) electrons. The molecule has 0 bridgehead atoms. The van der Waals surface area contributed by atoms with E-state index in [1.54, 1.807) is 24.3 Å². The molecule has 0 spiro atoms. The first kappa shape index (κ1) is 30.9. The number of ether oxygens (including phenoxy) is 2. The molecule has 9 heteroatoms. The van der Waals surface area contributed by atoms with Gasteiger partial charge in [-0.2, -0.15) is 0 Å². The molecule has 0 fully saturated rings. The summed E-state index contributed by atoms with van der Waals surface area (Å²) in [6.45, 7) is 12.3. The fourth-order valence-corrected chi connectivity index (χ4v) is 3.33. The van der Waals surface area contributed by atoms with Gasteiger partial charge in [0.15, 0.2) is 10.8 Å². The van der Waals surface area contributed by atoms with Crippen molar-refractivity contribution in [2.75, 3.05) is 13.7 Å². The summed E-state index contributed by atoms with van der Waals surface area (Å²) < 4.78 is 14.8. The van der Waals surface area contributed by atoms with Crippen LogP contribution in [0.5, 0.6) is 10.8 Å². The normalized spacial score (nSPS) is 10.9. The van der Waals surface area contributed by atoms with Crippen LogP contribution < -0.4 is 15.7 Å². The number of methoxy groups -OCH3 is 1. The number of aryl methyl sites for hydroxylation is 1. The fraction of sp³-hybridized carbons (Fsp3) is 0.480. The zero-order valence-corrected chi connectivity index (χ0v) is 21.9. The first-order valence-corrected chi connectivity index (χ1v) is 12.1. The van der Waals surface area contributed by atoms with Gasteiger partial charge in [-0.05, 0) is 38.8 Å². The molecule has 0 saturated heterocycles. The lowest BCUT2D eigenvalue weighted by atomic mass is 10.0. The summed E-state index contributed by atoms with van der Waals surface area (Å²) in [5, 5.41) is 13.3. The second-order valence-electron chi connectivity index (χ2n) is 6.79. The number of thiophene rings is 1. The lowest BCUT2D eigenvalue weighted by Gasteiger charge is -2.10. The number of alkyl carbamates (subject to hydrolysis) is 1. The lowest BCUT2D eigenvalue weighted by Crippen LogP contribution is -2.16. The summed E-state index contributed by atoms with van der Waals surface area (Å²) in [4.78, 5) is 35.5. The third-order valence-electron chi connectivity index (χ3n) is 4.31. The maximum Gasteiger partial charge on any atom is 0.410 e. The minimum atomic E-state index is -0.818. The number of hydrogen-bond donors (Lipinski definition) is 2. The molecular weight excluding hydrogens is 458 g/mol. The topological polar surface area (TPSA) is 115 Å². The molecule has 2 N–H and O–H groups in total. The maximum atomic E-state index is 11.8. The summed E-state index contributed by atoms with van der Waals surface area (Å²) in [6.07, 6.45) is 4.01. The van der Waals surface area contributed by atoms with Gasteiger partial charge in [0.1, 0.15) is 17.1 Å². The summed E-state index contributed by atoms with van der Waals surface area (Å²) in [5.74, 6) is -0.623. The van der Waals surface area contributed by atoms with Gasteiger partial charge in [-0.3, -0.25) is 10.1 Å². The molecule has 8 nitrogen and oxygen atoms in total. The molecule has 1 amide bonds. The Labute approximate surface area is 205 Å². The van der Waals surface area contributed by atoms with Crippen molar-refractivity contribution in [3.8, 4) is 10.8 Å². The Morgan fingerprint density at radius 3 is 2.44 bits per heavy atom. The number of hydrogen-bond acceptors (Lipinski definition) is 8. The van der Waals surface area contributed by atoms with Gasteiger partial charge in [-0.1, -0.05) is 33.8 Å². The van der Waals surface area contributed by atoms with Crippen molar-refractivity contribution in [2.24, 2.45) is 0 Å². The Morgan fingerprint density at radius 2 is 1.94 bits per heavy atom. The molecule has 190 valence electrons. The average molecular weight is 496 g/mol. The molecule has 2 aromatic rings. The predicted molar refractivity (Wildman–Crippen MR) is 135 cm³/mol. The van der Waals surface area contributed by atoms with Crippen LogP contribution in [0.15, 0.2) is 39.7 Å². The Morgan fingerprint density at radius 1 is 1.26 bits per heavy atom. The van der Waals surface area contributed by atoms with Crippen LogP contribution in [0.4, 0.5) is 4.79 Å². The standard InChI is InChI=1S/C16H21NO6.C7H10OS.C2H6/c1-4-11(18)14-12(19)9-13(23-15(14)20)10(2)7-5-6-8-17-16(21)22-3;1-3-8-7-5-4-6(2)9-7;1-2/h6,8-10,19H,4-5,7H2,1-3H3,(H,17,21);4-5H,3H2,1-2H3;1-2H3/b8-6+;;. The van der Waals surface area contributed by atoms with Gasteiger partial charge in [-0.25, -0.2) is 9.59 Å². The lowest BCUT2D eigenvalue weighted by molar-refractivity contribution is 0.0980. The maximum absolute atomic E-state index is 11.8. The number of rotatable bonds is 9. The molecule has 0 saturated carbocycles. The third-order valence-corrected chi connectivity index (χ3v) is 5.22. The minimum Gasteiger partial charge on any atom is -0.507 e. The molecule has 0 aliphatic rings. The van der Waals surface area contributed by atoms with E-state index in [4.69, 9.17) is 9.15 Å². The molecule has 0 aliphatic heterocycles. The van der Waals surface area contributed by atoms with E-state index >= 15 is 0 Å². The Balaban J connectivity index is 0.000000819. The van der Waals surface area contributed by atoms with Crippen molar-refractivity contribution in [3.05, 3.63) is 57.1 Å². The number of nitrogens with one attached hydrogen (secondary N) is 1.